The molecule has 0 fully saturated rings. The molecular formula is C18H18N2O4. The molecular weight excluding hydrogens is 308 g/mol. The third-order valence-electron chi connectivity index (χ3n) is 3.72. The lowest BCUT2D eigenvalue weighted by Crippen LogP contribution is -2.21. The van der Waals surface area contributed by atoms with Crippen molar-refractivity contribution in [1.82, 2.24) is 0 Å². The highest BCUT2D eigenvalue weighted by molar-refractivity contribution is 5.94. The summed E-state index contributed by atoms with van der Waals surface area (Å²) in [5.74, 6) is 0.938. The molecule has 2 N–H and O–H groups in total. The van der Waals surface area contributed by atoms with Gasteiger partial charge in [0.1, 0.15) is 11.5 Å². The minimum Gasteiger partial charge on any atom is -0.495 e. The third-order valence-corrected chi connectivity index (χ3v) is 3.72. The molecule has 1 heterocycles. The molecule has 1 aliphatic heterocycles. The van der Waals surface area contributed by atoms with Crippen LogP contribution in [0.3, 0.4) is 0 Å². The molecule has 24 heavy (non-hydrogen) atoms. The van der Waals surface area contributed by atoms with E-state index in [1.807, 2.05) is 18.2 Å². The van der Waals surface area contributed by atoms with Gasteiger partial charge in [-0.1, -0.05) is 12.1 Å². The first-order chi connectivity index (χ1) is 11.7. The maximum Gasteiger partial charge on any atom is 0.262 e. The van der Waals surface area contributed by atoms with E-state index in [0.29, 0.717) is 30.0 Å². The van der Waals surface area contributed by atoms with E-state index in [-0.39, 0.29) is 18.4 Å². The van der Waals surface area contributed by atoms with Crippen molar-refractivity contribution in [3.63, 3.8) is 0 Å². The van der Waals surface area contributed by atoms with Crippen LogP contribution in [0.1, 0.15) is 12.0 Å². The van der Waals surface area contributed by atoms with Crippen LogP contribution in [0.25, 0.3) is 0 Å². The summed E-state index contributed by atoms with van der Waals surface area (Å²) in [4.78, 5) is 23.4. The number of benzene rings is 2. The highest BCUT2D eigenvalue weighted by Crippen LogP contribution is 2.27. The van der Waals surface area contributed by atoms with Gasteiger partial charge in [-0.3, -0.25) is 9.59 Å². The first kappa shape index (κ1) is 15.9. The Kier molecular flexibility index (Phi) is 4.65. The molecule has 2 aromatic carbocycles. The van der Waals surface area contributed by atoms with Crippen LogP contribution in [-0.2, 0) is 16.0 Å². The molecule has 6 heteroatoms. The number of hydrogen-bond donors (Lipinski definition) is 2. The van der Waals surface area contributed by atoms with Crippen molar-refractivity contribution >= 4 is 23.2 Å². The summed E-state index contributed by atoms with van der Waals surface area (Å²) in [6.07, 6.45) is 1.14. The quantitative estimate of drug-likeness (QED) is 0.885. The summed E-state index contributed by atoms with van der Waals surface area (Å²) in [6.45, 7) is -0.108. The van der Waals surface area contributed by atoms with Crippen molar-refractivity contribution in [2.75, 3.05) is 24.4 Å². The van der Waals surface area contributed by atoms with E-state index in [1.54, 1.807) is 31.4 Å². The molecule has 2 amide bonds. The summed E-state index contributed by atoms with van der Waals surface area (Å²) < 4.78 is 10.7. The van der Waals surface area contributed by atoms with Crippen molar-refractivity contribution in [3.8, 4) is 11.5 Å². The molecule has 0 atom stereocenters. The number of carbonyl (C=O) groups is 2. The number of anilines is 2. The number of amides is 2. The van der Waals surface area contributed by atoms with Crippen LogP contribution in [0, 0.1) is 0 Å². The minimum atomic E-state index is -0.273. The molecule has 3 rings (SSSR count). The Hall–Kier alpha value is -3.02. The van der Waals surface area contributed by atoms with Crippen LogP contribution in [-0.4, -0.2) is 25.5 Å². The number of para-hydroxylation sites is 2. The van der Waals surface area contributed by atoms with Crippen LogP contribution in [0.15, 0.2) is 42.5 Å². The Morgan fingerprint density at radius 3 is 2.88 bits per heavy atom. The third kappa shape index (κ3) is 3.65. The van der Waals surface area contributed by atoms with Gasteiger partial charge in [0.2, 0.25) is 5.91 Å². The van der Waals surface area contributed by atoms with Crippen molar-refractivity contribution in [2.24, 2.45) is 0 Å². The van der Waals surface area contributed by atoms with Gasteiger partial charge in [0.05, 0.1) is 12.8 Å². The standard InChI is InChI=1S/C18H18N2O4/c1-23-16-5-3-2-4-15(16)20-18(22)11-24-13-7-8-14-12(10-13)6-9-17(21)19-14/h2-5,7-8,10H,6,9,11H2,1H3,(H,19,21)(H,20,22). The number of fused-ring (bicyclic) bond motifs is 1. The van der Waals surface area contributed by atoms with E-state index < -0.39 is 0 Å². The second-order valence-corrected chi connectivity index (χ2v) is 5.40. The van der Waals surface area contributed by atoms with E-state index in [1.165, 1.54) is 0 Å². The van der Waals surface area contributed by atoms with E-state index in [9.17, 15) is 9.59 Å². The average Bonchev–Trinajstić information content (AvgIpc) is 2.60. The monoisotopic (exact) mass is 326 g/mol. The Labute approximate surface area is 139 Å². The molecule has 124 valence electrons. The van der Waals surface area contributed by atoms with Crippen molar-refractivity contribution in [3.05, 3.63) is 48.0 Å². The second-order valence-electron chi connectivity index (χ2n) is 5.40. The summed E-state index contributed by atoms with van der Waals surface area (Å²) in [6, 6.07) is 12.6. The summed E-state index contributed by atoms with van der Waals surface area (Å²) >= 11 is 0. The molecule has 0 aliphatic carbocycles. The van der Waals surface area contributed by atoms with E-state index in [4.69, 9.17) is 9.47 Å². The first-order valence-electron chi connectivity index (χ1n) is 7.64. The number of rotatable bonds is 5. The van der Waals surface area contributed by atoms with Crippen molar-refractivity contribution < 1.29 is 19.1 Å². The smallest absolute Gasteiger partial charge is 0.262 e. The summed E-state index contributed by atoms with van der Waals surface area (Å²) in [5, 5.41) is 5.56. The number of methoxy groups -OCH3 is 1. The van der Waals surface area contributed by atoms with E-state index >= 15 is 0 Å². The van der Waals surface area contributed by atoms with Crippen LogP contribution in [0.2, 0.25) is 0 Å². The fraction of sp³-hybridized carbons (Fsp3) is 0.222. The minimum absolute atomic E-state index is 0.0207. The lowest BCUT2D eigenvalue weighted by molar-refractivity contribution is -0.118. The van der Waals surface area contributed by atoms with Crippen LogP contribution >= 0.6 is 0 Å². The Balaban J connectivity index is 1.59. The number of hydrogen-bond acceptors (Lipinski definition) is 4. The Morgan fingerprint density at radius 1 is 1.21 bits per heavy atom. The molecule has 0 saturated heterocycles. The zero-order valence-electron chi connectivity index (χ0n) is 13.3. The molecule has 6 nitrogen and oxygen atoms in total. The number of ether oxygens (including phenoxy) is 2. The van der Waals surface area contributed by atoms with Gasteiger partial charge in [-0.15, -0.1) is 0 Å². The number of nitrogens with one attached hydrogen (secondary N) is 2. The van der Waals surface area contributed by atoms with Crippen molar-refractivity contribution in [1.29, 1.82) is 0 Å². The molecule has 0 bridgehead atoms. The topological polar surface area (TPSA) is 76.7 Å². The van der Waals surface area contributed by atoms with Gasteiger partial charge in [-0.05, 0) is 42.3 Å². The summed E-state index contributed by atoms with van der Waals surface area (Å²) in [5.41, 5.74) is 2.41. The molecule has 2 aromatic rings. The van der Waals surface area contributed by atoms with Crippen molar-refractivity contribution in [2.45, 2.75) is 12.8 Å². The van der Waals surface area contributed by atoms with Gasteiger partial charge in [-0.25, -0.2) is 0 Å². The highest BCUT2D eigenvalue weighted by atomic mass is 16.5. The Bertz CT molecular complexity index is 773. The van der Waals surface area contributed by atoms with Gasteiger partial charge in [0, 0.05) is 12.1 Å². The predicted molar refractivity (Wildman–Crippen MR) is 90.5 cm³/mol. The molecule has 0 radical (unpaired) electrons. The number of aryl methyl sites for hydroxylation is 1. The van der Waals surface area contributed by atoms with Crippen LogP contribution in [0.4, 0.5) is 11.4 Å². The van der Waals surface area contributed by atoms with Gasteiger partial charge in [-0.2, -0.15) is 0 Å². The van der Waals surface area contributed by atoms with Gasteiger partial charge >= 0.3 is 0 Å². The molecule has 1 aliphatic rings. The van der Waals surface area contributed by atoms with Gasteiger partial charge in [0.15, 0.2) is 6.61 Å². The second kappa shape index (κ2) is 7.04. The zero-order chi connectivity index (χ0) is 16.9. The predicted octanol–water partition coefficient (Wildman–Crippen LogP) is 2.60. The molecule has 0 aromatic heterocycles. The lowest BCUT2D eigenvalue weighted by Gasteiger charge is -2.17. The van der Waals surface area contributed by atoms with Gasteiger partial charge < -0.3 is 20.1 Å². The molecule has 0 saturated carbocycles. The lowest BCUT2D eigenvalue weighted by atomic mass is 10.0. The normalized spacial score (nSPS) is 12.8. The molecule has 0 unspecified atom stereocenters. The van der Waals surface area contributed by atoms with Gasteiger partial charge in [0.25, 0.3) is 5.91 Å². The highest BCUT2D eigenvalue weighted by Gasteiger charge is 2.15. The maximum absolute atomic E-state index is 12.0. The van der Waals surface area contributed by atoms with Crippen LogP contribution < -0.4 is 20.1 Å². The average molecular weight is 326 g/mol. The first-order valence-corrected chi connectivity index (χ1v) is 7.64. The van der Waals surface area contributed by atoms with Crippen LogP contribution in [0.5, 0.6) is 11.5 Å². The maximum atomic E-state index is 12.0. The fourth-order valence-corrected chi connectivity index (χ4v) is 2.53. The Morgan fingerprint density at radius 2 is 2.04 bits per heavy atom. The van der Waals surface area contributed by atoms with E-state index in [2.05, 4.69) is 10.6 Å². The zero-order valence-corrected chi connectivity index (χ0v) is 13.3. The fourth-order valence-electron chi connectivity index (χ4n) is 2.53. The largest absolute Gasteiger partial charge is 0.495 e. The SMILES string of the molecule is COc1ccccc1NC(=O)COc1ccc2c(c1)CCC(=O)N2. The molecule has 0 spiro atoms. The summed E-state index contributed by atoms with van der Waals surface area (Å²) in [7, 11) is 1.55. The number of carbonyl (C=O) groups excluding carboxylic acids is 2. The van der Waals surface area contributed by atoms with E-state index in [0.717, 1.165) is 11.3 Å².